The molecule has 0 saturated carbocycles. The van der Waals surface area contributed by atoms with Gasteiger partial charge < -0.3 is 14.4 Å². The third-order valence-corrected chi connectivity index (χ3v) is 1.86. The van der Waals surface area contributed by atoms with Crippen LogP contribution in [0.2, 0.25) is 0 Å². The van der Waals surface area contributed by atoms with Crippen LogP contribution in [0.1, 0.15) is 24.5 Å². The molecule has 0 N–H and O–H groups in total. The van der Waals surface area contributed by atoms with Crippen LogP contribution in [0, 0.1) is 108 Å². The van der Waals surface area contributed by atoms with Gasteiger partial charge in [-0.05, 0) is 12.0 Å². The normalized spacial score (nSPS) is 8.12. The molecule has 0 heterocycles. The molecular weight excluding hydrogens is 870 g/mol. The minimum absolute atomic E-state index is 0. The molecule has 3 heteroatoms. The Balaban J connectivity index is -0.000000180. The van der Waals surface area contributed by atoms with Crippen molar-refractivity contribution in [2.75, 3.05) is 0 Å². The molecule has 0 radical (unpaired) electrons. The molecule has 82 valence electrons. The van der Waals surface area contributed by atoms with Crippen molar-refractivity contribution in [1.82, 2.24) is 0 Å². The van der Waals surface area contributed by atoms with E-state index in [1.54, 1.807) is 0 Å². The summed E-state index contributed by atoms with van der Waals surface area (Å²) in [5.41, 5.74) is 2.62. The average molecular weight is 888 g/mol. The molecular formula is C13H18U3. The van der Waals surface area contributed by atoms with Gasteiger partial charge in [0.15, 0.2) is 0 Å². The van der Waals surface area contributed by atoms with Gasteiger partial charge in [0, 0.05) is 62.2 Å². The summed E-state index contributed by atoms with van der Waals surface area (Å²) < 4.78 is 0. The standard InChI is InChI=1S/C12H15.CH3.3U/c1-3-5-8-12-10-7-6-9-11(12)4-2;;;;/h5-10H,2-4H2,1H3;1H3;;;/q2*-1;;;+2/b8-5-;;;;. The molecule has 0 unspecified atom stereocenters. The van der Waals surface area contributed by atoms with Crippen LogP contribution in [-0.4, -0.2) is 0 Å². The van der Waals surface area contributed by atoms with Gasteiger partial charge >= 0.3 is 31.1 Å². The van der Waals surface area contributed by atoms with Crippen molar-refractivity contribution < 1.29 is 93.3 Å². The van der Waals surface area contributed by atoms with Crippen molar-refractivity contribution in [3.05, 3.63) is 55.8 Å². The second kappa shape index (κ2) is 17.1. The maximum Gasteiger partial charge on any atom is 2.00 e. The molecule has 1 aromatic rings. The third kappa shape index (κ3) is 10.1. The summed E-state index contributed by atoms with van der Waals surface area (Å²) in [6.07, 6.45) is 6.30. The van der Waals surface area contributed by atoms with E-state index in [2.05, 4.69) is 50.3 Å². The summed E-state index contributed by atoms with van der Waals surface area (Å²) in [6.45, 7) is 6.03. The van der Waals surface area contributed by atoms with Crippen molar-refractivity contribution in [3.8, 4) is 0 Å². The molecule has 1 rings (SSSR count). The summed E-state index contributed by atoms with van der Waals surface area (Å²) in [4.78, 5) is 0. The number of hydrogen-bond acceptors (Lipinski definition) is 0. The molecule has 0 aliphatic carbocycles. The van der Waals surface area contributed by atoms with E-state index in [9.17, 15) is 0 Å². The van der Waals surface area contributed by atoms with Crippen LogP contribution in [0.15, 0.2) is 30.3 Å². The van der Waals surface area contributed by atoms with E-state index in [4.69, 9.17) is 0 Å². The molecule has 0 aliphatic rings. The zero-order valence-corrected chi connectivity index (χ0v) is 22.6. The Bertz CT molecular complexity index is 270. The maximum atomic E-state index is 3.89. The Morgan fingerprint density at radius 2 is 1.75 bits per heavy atom. The molecule has 0 aromatic heterocycles. The van der Waals surface area contributed by atoms with E-state index in [1.165, 1.54) is 11.1 Å². The number of rotatable bonds is 3. The van der Waals surface area contributed by atoms with Gasteiger partial charge in [0.2, 0.25) is 0 Å². The summed E-state index contributed by atoms with van der Waals surface area (Å²) in [5.74, 6) is 0. The fraction of sp³-hybridized carbons (Fsp3) is 0.231. The molecule has 0 fully saturated rings. The first-order chi connectivity index (χ1) is 5.88. The fourth-order valence-corrected chi connectivity index (χ4v) is 1.17. The smallest absolute Gasteiger partial charge is 0.358 e. The molecule has 0 amide bonds. The molecule has 0 spiro atoms. The van der Waals surface area contributed by atoms with Gasteiger partial charge in [0.1, 0.15) is 0 Å². The van der Waals surface area contributed by atoms with E-state index in [-0.39, 0.29) is 101 Å². The van der Waals surface area contributed by atoms with E-state index in [0.717, 1.165) is 12.8 Å². The predicted octanol–water partition coefficient (Wildman–Crippen LogP) is 3.94. The minimum Gasteiger partial charge on any atom is -0.358 e. The monoisotopic (exact) mass is 888 g/mol. The van der Waals surface area contributed by atoms with E-state index in [1.807, 2.05) is 0 Å². The summed E-state index contributed by atoms with van der Waals surface area (Å²) >= 11 is 0. The Hall–Kier alpha value is 2.12. The number of allylic oxidation sites excluding steroid dienone is 1. The van der Waals surface area contributed by atoms with E-state index >= 15 is 0 Å². The second-order valence-electron chi connectivity index (χ2n) is 2.76. The predicted molar refractivity (Wildman–Crippen MR) is 61.2 cm³/mol. The van der Waals surface area contributed by atoms with Crippen molar-refractivity contribution in [2.24, 2.45) is 0 Å². The van der Waals surface area contributed by atoms with E-state index in [0.29, 0.717) is 0 Å². The van der Waals surface area contributed by atoms with Gasteiger partial charge in [-0.1, -0.05) is 48.9 Å². The Labute approximate surface area is 172 Å². The van der Waals surface area contributed by atoms with Crippen LogP contribution in [0.25, 0.3) is 6.08 Å². The van der Waals surface area contributed by atoms with Gasteiger partial charge in [0.25, 0.3) is 0 Å². The molecule has 0 bridgehead atoms. The minimum atomic E-state index is 0. The largest absolute Gasteiger partial charge is 2.00 e. The third-order valence-electron chi connectivity index (χ3n) is 1.86. The van der Waals surface area contributed by atoms with Crippen molar-refractivity contribution in [3.63, 3.8) is 0 Å². The van der Waals surface area contributed by atoms with Crippen LogP contribution in [0.5, 0.6) is 0 Å². The summed E-state index contributed by atoms with van der Waals surface area (Å²) in [6, 6.07) is 8.38. The first-order valence-corrected chi connectivity index (χ1v) is 4.42. The van der Waals surface area contributed by atoms with Gasteiger partial charge in [-0.15, -0.1) is 0 Å². The molecule has 0 atom stereocenters. The van der Waals surface area contributed by atoms with Crippen LogP contribution < -0.4 is 0 Å². The Kier molecular flexibility index (Phi) is 28.5. The number of hydrogen-bond donors (Lipinski definition) is 0. The Morgan fingerprint density at radius 1 is 1.19 bits per heavy atom. The van der Waals surface area contributed by atoms with Crippen molar-refractivity contribution in [1.29, 1.82) is 0 Å². The van der Waals surface area contributed by atoms with Gasteiger partial charge in [-0.2, -0.15) is 6.42 Å². The first kappa shape index (κ1) is 26.6. The van der Waals surface area contributed by atoms with E-state index < -0.39 is 0 Å². The van der Waals surface area contributed by atoms with Crippen LogP contribution in [0.3, 0.4) is 0 Å². The van der Waals surface area contributed by atoms with Gasteiger partial charge in [-0.3, -0.25) is 0 Å². The zero-order valence-electron chi connectivity index (χ0n) is 10.1. The van der Waals surface area contributed by atoms with Crippen molar-refractivity contribution >= 4 is 6.08 Å². The second-order valence-corrected chi connectivity index (χ2v) is 2.76. The summed E-state index contributed by atoms with van der Waals surface area (Å²) in [7, 11) is 0. The molecule has 0 saturated heterocycles. The summed E-state index contributed by atoms with van der Waals surface area (Å²) in [5, 5.41) is 0. The SMILES string of the molecule is [CH2-]Cc1ccccc1/C=C\CC.[CH3-].[U+2].[U].[U]. The number of benzene rings is 1. The van der Waals surface area contributed by atoms with Gasteiger partial charge in [0.05, 0.1) is 0 Å². The van der Waals surface area contributed by atoms with Crippen LogP contribution in [-0.2, 0) is 6.42 Å². The average Bonchev–Trinajstić information content (AvgIpc) is 2.15. The molecule has 0 aliphatic heterocycles. The van der Waals surface area contributed by atoms with Gasteiger partial charge in [-0.25, -0.2) is 0 Å². The van der Waals surface area contributed by atoms with Crippen molar-refractivity contribution in [2.45, 2.75) is 19.8 Å². The zero-order chi connectivity index (χ0) is 8.81. The molecule has 1 aromatic carbocycles. The van der Waals surface area contributed by atoms with Crippen LogP contribution in [0.4, 0.5) is 0 Å². The topological polar surface area (TPSA) is 0 Å². The Morgan fingerprint density at radius 3 is 2.25 bits per heavy atom. The molecule has 0 nitrogen and oxygen atoms in total. The van der Waals surface area contributed by atoms with Crippen LogP contribution >= 0.6 is 0 Å². The quantitative estimate of drug-likeness (QED) is 0.405. The molecule has 16 heavy (non-hydrogen) atoms. The first-order valence-electron chi connectivity index (χ1n) is 4.42. The fourth-order valence-electron chi connectivity index (χ4n) is 1.17. The maximum absolute atomic E-state index is 3.89.